The Morgan fingerprint density at radius 1 is 1.20 bits per heavy atom. The van der Waals surface area contributed by atoms with E-state index in [0.29, 0.717) is 22.6 Å². The van der Waals surface area contributed by atoms with Crippen molar-refractivity contribution in [3.63, 3.8) is 0 Å². The Kier molecular flexibility index (Phi) is 7.04. The predicted octanol–water partition coefficient (Wildman–Crippen LogP) is 0.202. The van der Waals surface area contributed by atoms with Gasteiger partial charge in [0, 0.05) is 55.6 Å². The average molecular weight is 566 g/mol. The zero-order valence-electron chi connectivity index (χ0n) is 23.3. The number of anilines is 2. The summed E-state index contributed by atoms with van der Waals surface area (Å²) < 4.78 is 0. The Hall–Kier alpha value is -4.00. The van der Waals surface area contributed by atoms with Gasteiger partial charge in [-0.1, -0.05) is 6.07 Å². The van der Waals surface area contributed by atoms with E-state index in [1.807, 2.05) is 25.1 Å². The summed E-state index contributed by atoms with van der Waals surface area (Å²) in [7, 11) is 6.89. The van der Waals surface area contributed by atoms with Gasteiger partial charge in [0.25, 0.3) is 0 Å². The molecule has 2 unspecified atom stereocenters. The average Bonchev–Trinajstić information content (AvgIpc) is 2.90. The van der Waals surface area contributed by atoms with Gasteiger partial charge in [0.15, 0.2) is 11.4 Å². The first-order valence-electron chi connectivity index (χ1n) is 13.4. The third-order valence-electron chi connectivity index (χ3n) is 8.75. The number of aromatic nitrogens is 1. The monoisotopic (exact) mass is 565 g/mol. The number of carbonyl (C=O) groups is 3. The van der Waals surface area contributed by atoms with Crippen molar-refractivity contribution in [1.82, 2.24) is 9.88 Å². The Balaban J connectivity index is 1.65. The summed E-state index contributed by atoms with van der Waals surface area (Å²) in [5, 5.41) is 48.9. The molecule has 3 aliphatic carbocycles. The van der Waals surface area contributed by atoms with Crippen molar-refractivity contribution in [1.29, 1.82) is 0 Å². The molecule has 5 rings (SSSR count). The van der Waals surface area contributed by atoms with Crippen LogP contribution in [0.25, 0.3) is 5.76 Å². The molecule has 6 atom stereocenters. The number of aliphatic hydroxyl groups is 3. The zero-order valence-corrected chi connectivity index (χ0v) is 23.3. The first-order valence-corrected chi connectivity index (χ1v) is 13.4. The lowest BCUT2D eigenvalue weighted by Gasteiger charge is -2.53. The van der Waals surface area contributed by atoms with Crippen LogP contribution in [0.3, 0.4) is 0 Å². The molecule has 2 aromatic rings. The number of phenols is 1. The van der Waals surface area contributed by atoms with Crippen LogP contribution in [0, 0.1) is 17.8 Å². The number of rotatable bonds is 6. The molecule has 1 aromatic heterocycles. The van der Waals surface area contributed by atoms with Gasteiger partial charge in [-0.25, -0.2) is 4.98 Å². The van der Waals surface area contributed by atoms with Crippen molar-refractivity contribution >= 4 is 34.7 Å². The molecule has 0 aliphatic heterocycles. The molecule has 1 heterocycles. The number of hydrogen-bond acceptors (Lipinski definition) is 11. The van der Waals surface area contributed by atoms with E-state index in [1.165, 1.54) is 0 Å². The first kappa shape index (κ1) is 28.5. The highest BCUT2D eigenvalue weighted by molar-refractivity contribution is 6.25. The first-order chi connectivity index (χ1) is 19.3. The second-order valence-corrected chi connectivity index (χ2v) is 11.5. The van der Waals surface area contributed by atoms with Crippen LogP contribution in [-0.2, 0) is 27.3 Å². The summed E-state index contributed by atoms with van der Waals surface area (Å²) in [4.78, 5) is 47.4. The summed E-state index contributed by atoms with van der Waals surface area (Å²) in [5.74, 6) is -7.06. The zero-order chi connectivity index (χ0) is 30.0. The van der Waals surface area contributed by atoms with Gasteiger partial charge < -0.3 is 41.3 Å². The Morgan fingerprint density at radius 3 is 2.49 bits per heavy atom. The molecule has 0 spiro atoms. The lowest BCUT2D eigenvalue weighted by Crippen LogP contribution is -2.73. The van der Waals surface area contributed by atoms with E-state index in [4.69, 9.17) is 5.73 Å². The number of primary amides is 1. The second-order valence-electron chi connectivity index (χ2n) is 11.5. The number of aromatic hydroxyl groups is 1. The number of pyridine rings is 1. The van der Waals surface area contributed by atoms with Gasteiger partial charge in [0.2, 0.25) is 11.7 Å². The number of ketones is 2. The van der Waals surface area contributed by atoms with Crippen LogP contribution < -0.4 is 16.0 Å². The minimum absolute atomic E-state index is 0.0505. The molecule has 41 heavy (non-hydrogen) atoms. The molecular weight excluding hydrogens is 530 g/mol. The highest BCUT2D eigenvalue weighted by Gasteiger charge is 2.67. The van der Waals surface area contributed by atoms with Crippen molar-refractivity contribution in [2.45, 2.75) is 37.1 Å². The van der Waals surface area contributed by atoms with E-state index in [0.717, 1.165) is 0 Å². The molecule has 1 amide bonds. The minimum Gasteiger partial charge on any atom is -0.507 e. The van der Waals surface area contributed by atoms with Crippen molar-refractivity contribution in [2.24, 2.45) is 23.5 Å². The van der Waals surface area contributed by atoms with E-state index in [9.17, 15) is 34.8 Å². The molecular formula is C29H35N5O7. The van der Waals surface area contributed by atoms with Crippen molar-refractivity contribution in [2.75, 3.05) is 38.4 Å². The van der Waals surface area contributed by atoms with E-state index in [2.05, 4.69) is 10.3 Å². The van der Waals surface area contributed by atoms with Gasteiger partial charge in [-0.05, 0) is 56.6 Å². The van der Waals surface area contributed by atoms with Gasteiger partial charge in [-0.2, -0.15) is 0 Å². The van der Waals surface area contributed by atoms with Crippen LogP contribution in [0.5, 0.6) is 5.75 Å². The number of aliphatic hydroxyl groups excluding tert-OH is 2. The Morgan fingerprint density at radius 2 is 1.90 bits per heavy atom. The van der Waals surface area contributed by atoms with Crippen LogP contribution >= 0.6 is 0 Å². The normalized spacial score (nSPS) is 29.1. The molecule has 12 nitrogen and oxygen atoms in total. The number of carbonyl (C=O) groups excluding carboxylic acids is 3. The van der Waals surface area contributed by atoms with Crippen molar-refractivity contribution in [3.05, 3.63) is 52.7 Å². The number of Topliss-reactive ketones (excluding diaryl/α,β-unsaturated/α-hetero) is 2. The van der Waals surface area contributed by atoms with Crippen LogP contribution in [0.2, 0.25) is 0 Å². The number of nitrogens with two attached hydrogens (primary N) is 1. The molecule has 2 fully saturated rings. The minimum atomic E-state index is -2.69. The molecule has 218 valence electrons. The maximum Gasteiger partial charge on any atom is 0.230 e. The standard InChI is InChI=1S/C29H35N5O7/c1-33(2)17-11-14(12-32-18-7-5-6-8-31-18)23(35)20-15(17)9-13-10-16-22(34(3)4)25(37)21(28(30)40)27(39)29(16,41)26(38)19(13)24(20)36/h5-8,11,13,16,21-22,25,35-37,41H,9-10,12H2,1-4H3,(H2,30,40)(H,31,32)/t13-,16-,21?,22-,25?,29-/m1/s1. The fourth-order valence-electron chi connectivity index (χ4n) is 6.89. The number of fused-ring (bicyclic) bond motifs is 3. The van der Waals surface area contributed by atoms with Gasteiger partial charge >= 0.3 is 0 Å². The lowest BCUT2D eigenvalue weighted by atomic mass is 9.54. The van der Waals surface area contributed by atoms with E-state index in [1.54, 1.807) is 43.4 Å². The molecule has 7 N–H and O–H groups in total. The smallest absolute Gasteiger partial charge is 0.230 e. The van der Waals surface area contributed by atoms with Crippen LogP contribution in [0.15, 0.2) is 36.0 Å². The summed E-state index contributed by atoms with van der Waals surface area (Å²) in [6.07, 6.45) is 0.387. The number of benzene rings is 1. The number of amides is 1. The number of likely N-dealkylation sites (N-methyl/N-ethyl adjacent to an activating group) is 1. The molecule has 1 aromatic carbocycles. The van der Waals surface area contributed by atoms with Crippen LogP contribution in [0.1, 0.15) is 23.1 Å². The molecule has 2 saturated carbocycles. The van der Waals surface area contributed by atoms with Crippen LogP contribution in [-0.4, -0.2) is 93.7 Å². The maximum absolute atomic E-state index is 14.1. The highest BCUT2D eigenvalue weighted by atomic mass is 16.3. The molecule has 3 aliphatic rings. The predicted molar refractivity (Wildman–Crippen MR) is 150 cm³/mol. The highest BCUT2D eigenvalue weighted by Crippen LogP contribution is 2.53. The van der Waals surface area contributed by atoms with Crippen molar-refractivity contribution in [3.8, 4) is 5.75 Å². The van der Waals surface area contributed by atoms with Gasteiger partial charge in [0.1, 0.15) is 23.2 Å². The van der Waals surface area contributed by atoms with E-state index in [-0.39, 0.29) is 36.3 Å². The van der Waals surface area contributed by atoms with Gasteiger partial charge in [-0.3, -0.25) is 14.4 Å². The van der Waals surface area contributed by atoms with E-state index < -0.39 is 58.7 Å². The fourth-order valence-corrected chi connectivity index (χ4v) is 6.89. The maximum atomic E-state index is 14.1. The largest absolute Gasteiger partial charge is 0.507 e. The third-order valence-corrected chi connectivity index (χ3v) is 8.75. The summed E-state index contributed by atoms with van der Waals surface area (Å²) in [5.41, 5.74) is 4.37. The number of nitrogens with zero attached hydrogens (tertiary/aromatic N) is 3. The number of nitrogens with one attached hydrogen (secondary N) is 1. The summed E-state index contributed by atoms with van der Waals surface area (Å²) >= 11 is 0. The second kappa shape index (κ2) is 10.1. The third kappa shape index (κ3) is 4.25. The Bertz CT molecular complexity index is 1460. The summed E-state index contributed by atoms with van der Waals surface area (Å²) in [6.45, 7) is 0.157. The topological polar surface area (TPSA) is 190 Å². The molecule has 0 bridgehead atoms. The quantitative estimate of drug-likeness (QED) is 0.263. The fraction of sp³-hybridized carbons (Fsp3) is 0.448. The number of hydrogen-bond donors (Lipinski definition) is 6. The lowest BCUT2D eigenvalue weighted by molar-refractivity contribution is -0.184. The number of phenolic OH excluding ortho intramolecular Hbond substituents is 1. The van der Waals surface area contributed by atoms with Crippen LogP contribution in [0.4, 0.5) is 11.5 Å². The molecule has 0 saturated heterocycles. The van der Waals surface area contributed by atoms with Gasteiger partial charge in [0.05, 0.1) is 11.7 Å². The molecule has 0 radical (unpaired) electrons. The Labute approximate surface area is 237 Å². The molecule has 12 heteroatoms. The van der Waals surface area contributed by atoms with Crippen molar-refractivity contribution < 1.29 is 34.8 Å². The van der Waals surface area contributed by atoms with E-state index >= 15 is 0 Å². The SMILES string of the molecule is CN(C)c1cc(CNc2ccccn2)c(O)c2c1C[C@@H]1C[C@@H]3[C@@H](N(C)C)C(O)C(C(N)=O)C(=O)[C@]3(O)C(=O)C1=C2O. The summed E-state index contributed by atoms with van der Waals surface area (Å²) in [6, 6.07) is 6.22. The van der Waals surface area contributed by atoms with Gasteiger partial charge in [-0.15, -0.1) is 0 Å².